The third kappa shape index (κ3) is 6.80. The number of thioether (sulfide) groups is 1. The summed E-state index contributed by atoms with van der Waals surface area (Å²) in [4.78, 5) is 27.6. The fourth-order valence-corrected chi connectivity index (χ4v) is 5.85. The fraction of sp³-hybridized carbons (Fsp3) is 0.739. The Morgan fingerprint density at radius 1 is 1.03 bits per heavy atom. The molecule has 0 aromatic heterocycles. The molecule has 0 aromatic carbocycles. The average molecular weight is 421 g/mol. The van der Waals surface area contributed by atoms with E-state index in [2.05, 4.69) is 29.3 Å². The molecule has 2 saturated carbocycles. The molecule has 5 nitrogen and oxygen atoms in total. The molecular formula is C23H36N2O3S. The lowest BCUT2D eigenvalue weighted by Crippen LogP contribution is -2.52. The largest absolute Gasteiger partial charge is 0.481 e. The number of allylic oxidation sites excluding steroid dienone is 3. The molecule has 6 heteroatoms. The van der Waals surface area contributed by atoms with Crippen molar-refractivity contribution in [1.82, 2.24) is 10.2 Å². The molecule has 3 rings (SSSR count). The maximum atomic E-state index is 13.4. The summed E-state index contributed by atoms with van der Waals surface area (Å²) in [6.45, 7) is 2.32. The van der Waals surface area contributed by atoms with E-state index in [1.54, 1.807) is 0 Å². The van der Waals surface area contributed by atoms with E-state index in [-0.39, 0.29) is 12.5 Å². The van der Waals surface area contributed by atoms with E-state index in [1.807, 2.05) is 0 Å². The number of carboxylic acids is 1. The molecule has 0 saturated heterocycles. The molecule has 2 fully saturated rings. The van der Waals surface area contributed by atoms with Crippen molar-refractivity contribution in [2.24, 2.45) is 5.92 Å². The van der Waals surface area contributed by atoms with Crippen LogP contribution in [0.2, 0.25) is 0 Å². The summed E-state index contributed by atoms with van der Waals surface area (Å²) in [5, 5.41) is 13.1. The van der Waals surface area contributed by atoms with Crippen LogP contribution >= 0.6 is 11.8 Å². The zero-order valence-corrected chi connectivity index (χ0v) is 18.5. The zero-order chi connectivity index (χ0) is 20.6. The molecule has 0 aromatic rings. The van der Waals surface area contributed by atoms with Crippen LogP contribution in [0.15, 0.2) is 22.1 Å². The summed E-state index contributed by atoms with van der Waals surface area (Å²) in [6, 6.07) is 0.767. The molecule has 3 aliphatic rings. The van der Waals surface area contributed by atoms with Gasteiger partial charge in [-0.05, 0) is 68.6 Å². The second kappa shape index (κ2) is 11.1. The van der Waals surface area contributed by atoms with Crippen LogP contribution in [0.3, 0.4) is 0 Å². The molecule has 2 aliphatic carbocycles. The molecule has 2 amide bonds. The number of nitrogens with one attached hydrogen (secondary N) is 1. The summed E-state index contributed by atoms with van der Waals surface area (Å²) in [5.74, 6) is -0.00937. The molecule has 1 heterocycles. The van der Waals surface area contributed by atoms with Crippen molar-refractivity contribution in [2.75, 3.05) is 0 Å². The Morgan fingerprint density at radius 2 is 1.69 bits per heavy atom. The zero-order valence-electron chi connectivity index (χ0n) is 17.7. The smallest absolute Gasteiger partial charge is 0.322 e. The minimum Gasteiger partial charge on any atom is -0.481 e. The van der Waals surface area contributed by atoms with Crippen LogP contribution < -0.4 is 5.32 Å². The number of hydrogen-bond donors (Lipinski definition) is 2. The highest BCUT2D eigenvalue weighted by atomic mass is 32.2. The van der Waals surface area contributed by atoms with E-state index in [0.717, 1.165) is 54.4 Å². The fourth-order valence-electron chi connectivity index (χ4n) is 4.82. The maximum absolute atomic E-state index is 13.4. The van der Waals surface area contributed by atoms with Gasteiger partial charge in [-0.1, -0.05) is 50.1 Å². The van der Waals surface area contributed by atoms with Crippen molar-refractivity contribution in [3.63, 3.8) is 0 Å². The summed E-state index contributed by atoms with van der Waals surface area (Å²) in [5.41, 5.74) is 0. The maximum Gasteiger partial charge on any atom is 0.322 e. The number of carbonyl (C=O) groups excluding carboxylic acids is 1. The van der Waals surface area contributed by atoms with Gasteiger partial charge in [0.2, 0.25) is 0 Å². The highest BCUT2D eigenvalue weighted by Gasteiger charge is 2.34. The topological polar surface area (TPSA) is 69.6 Å². The minimum absolute atomic E-state index is 0.0506. The van der Waals surface area contributed by atoms with E-state index >= 15 is 0 Å². The molecule has 2 N–H and O–H groups in total. The summed E-state index contributed by atoms with van der Waals surface area (Å²) < 4.78 is 0. The van der Waals surface area contributed by atoms with Crippen LogP contribution in [-0.2, 0) is 4.79 Å². The van der Waals surface area contributed by atoms with Crippen LogP contribution in [-0.4, -0.2) is 34.1 Å². The monoisotopic (exact) mass is 420 g/mol. The van der Waals surface area contributed by atoms with Gasteiger partial charge in [-0.2, -0.15) is 0 Å². The van der Waals surface area contributed by atoms with E-state index in [0.29, 0.717) is 18.5 Å². The quantitative estimate of drug-likeness (QED) is 0.551. The molecule has 29 heavy (non-hydrogen) atoms. The number of carboxylic acid groups (broad SMARTS) is 1. The Kier molecular flexibility index (Phi) is 8.52. The Labute approximate surface area is 179 Å². The first-order valence-corrected chi connectivity index (χ1v) is 12.2. The molecule has 0 radical (unpaired) electrons. The van der Waals surface area contributed by atoms with Gasteiger partial charge >= 0.3 is 12.0 Å². The lowest BCUT2D eigenvalue weighted by atomic mass is 9.84. The predicted molar refractivity (Wildman–Crippen MR) is 119 cm³/mol. The second-order valence-electron chi connectivity index (χ2n) is 8.85. The molecule has 0 spiro atoms. The van der Waals surface area contributed by atoms with Crippen molar-refractivity contribution in [3.05, 3.63) is 22.1 Å². The standard InChI is InChI=1S/C23H36N2O3S/c1-17-11-13-19(14-12-17)25(18-7-3-2-4-8-18)23(28)24-21-10-6-5-9-20(29-21)15-16-22(26)27/h9-10,17-19H,2-8,11-16H2,1H3,(H,24,28)(H,26,27). The molecule has 162 valence electrons. The van der Waals surface area contributed by atoms with Crippen molar-refractivity contribution < 1.29 is 14.7 Å². The van der Waals surface area contributed by atoms with Crippen LogP contribution in [0.1, 0.15) is 90.4 Å². The first-order chi connectivity index (χ1) is 14.0. The van der Waals surface area contributed by atoms with Crippen LogP contribution in [0.25, 0.3) is 0 Å². The SMILES string of the molecule is CC1CCC(N(C(=O)NC2=CCCC=C(CCC(=O)O)S2)C2CCCCC2)CC1. The lowest BCUT2D eigenvalue weighted by Gasteiger charge is -2.42. The Bertz CT molecular complexity index is 632. The summed E-state index contributed by atoms with van der Waals surface area (Å²) in [7, 11) is 0. The van der Waals surface area contributed by atoms with E-state index in [4.69, 9.17) is 5.11 Å². The molecular weight excluding hydrogens is 384 g/mol. The number of hydrogen-bond acceptors (Lipinski definition) is 3. The number of rotatable bonds is 6. The third-order valence-electron chi connectivity index (χ3n) is 6.51. The van der Waals surface area contributed by atoms with E-state index < -0.39 is 5.97 Å². The normalized spacial score (nSPS) is 26.1. The predicted octanol–water partition coefficient (Wildman–Crippen LogP) is 6.03. The molecule has 1 aliphatic heterocycles. The van der Waals surface area contributed by atoms with E-state index in [1.165, 1.54) is 43.9 Å². The summed E-state index contributed by atoms with van der Waals surface area (Å²) >= 11 is 1.53. The van der Waals surface area contributed by atoms with Gasteiger partial charge in [-0.3, -0.25) is 4.79 Å². The van der Waals surface area contributed by atoms with Crippen LogP contribution in [0.4, 0.5) is 4.79 Å². The number of urea groups is 1. The van der Waals surface area contributed by atoms with Gasteiger partial charge in [0.05, 0.1) is 5.03 Å². The van der Waals surface area contributed by atoms with Gasteiger partial charge < -0.3 is 15.3 Å². The van der Waals surface area contributed by atoms with Crippen LogP contribution in [0.5, 0.6) is 0 Å². The summed E-state index contributed by atoms with van der Waals surface area (Å²) in [6.07, 6.45) is 17.3. The van der Waals surface area contributed by atoms with Gasteiger partial charge in [0.1, 0.15) is 0 Å². The van der Waals surface area contributed by atoms with Crippen molar-refractivity contribution >= 4 is 23.8 Å². The van der Waals surface area contributed by atoms with E-state index in [9.17, 15) is 9.59 Å². The molecule has 0 atom stereocenters. The number of nitrogens with zero attached hydrogens (tertiary/aromatic N) is 1. The van der Waals surface area contributed by atoms with Gasteiger partial charge in [0, 0.05) is 18.5 Å². The van der Waals surface area contributed by atoms with Crippen molar-refractivity contribution in [2.45, 2.75) is 102 Å². The average Bonchev–Trinajstić information content (AvgIpc) is 2.94. The van der Waals surface area contributed by atoms with Gasteiger partial charge in [0.15, 0.2) is 0 Å². The Morgan fingerprint density at radius 3 is 2.38 bits per heavy atom. The Balaban J connectivity index is 1.66. The Hall–Kier alpha value is -1.43. The minimum atomic E-state index is -0.777. The third-order valence-corrected chi connectivity index (χ3v) is 7.63. The number of carbonyl (C=O) groups is 2. The lowest BCUT2D eigenvalue weighted by molar-refractivity contribution is -0.136. The number of aliphatic carboxylic acids is 1. The highest BCUT2D eigenvalue weighted by molar-refractivity contribution is 8.06. The van der Waals surface area contributed by atoms with Gasteiger partial charge in [-0.25, -0.2) is 4.79 Å². The van der Waals surface area contributed by atoms with Gasteiger partial charge in [-0.15, -0.1) is 0 Å². The first-order valence-electron chi connectivity index (χ1n) is 11.4. The number of amides is 2. The van der Waals surface area contributed by atoms with Crippen molar-refractivity contribution in [1.29, 1.82) is 0 Å². The van der Waals surface area contributed by atoms with Crippen LogP contribution in [0, 0.1) is 5.92 Å². The second-order valence-corrected chi connectivity index (χ2v) is 10.0. The molecule has 0 unspecified atom stereocenters. The molecule has 0 bridgehead atoms. The van der Waals surface area contributed by atoms with Gasteiger partial charge in [0.25, 0.3) is 0 Å². The first kappa shape index (κ1) is 22.3. The highest BCUT2D eigenvalue weighted by Crippen LogP contribution is 2.34. The van der Waals surface area contributed by atoms with Crippen molar-refractivity contribution in [3.8, 4) is 0 Å².